The van der Waals surface area contributed by atoms with Crippen molar-refractivity contribution in [3.63, 3.8) is 0 Å². The van der Waals surface area contributed by atoms with Gasteiger partial charge < -0.3 is 20.8 Å². The molecular weight excluding hydrogens is 394 g/mol. The molecule has 1 aliphatic heterocycles. The number of carbonyl (C=O) groups excluding carboxylic acids is 2. The van der Waals surface area contributed by atoms with E-state index in [9.17, 15) is 14.7 Å². The highest BCUT2D eigenvalue weighted by Crippen LogP contribution is 2.14. The second-order valence-corrected chi connectivity index (χ2v) is 7.45. The molecule has 0 bridgehead atoms. The third-order valence-corrected chi connectivity index (χ3v) is 4.66. The molecule has 1 aromatic carbocycles. The van der Waals surface area contributed by atoms with E-state index in [1.54, 1.807) is 44.3 Å². The number of nitrogens with zero attached hydrogens (tertiary/aromatic N) is 1. The Hall–Kier alpha value is -3.23. The summed E-state index contributed by atoms with van der Waals surface area (Å²) in [6.45, 7) is 3.35. The lowest BCUT2D eigenvalue weighted by Gasteiger charge is -2.34. The van der Waals surface area contributed by atoms with E-state index in [0.29, 0.717) is 24.1 Å². The van der Waals surface area contributed by atoms with Crippen molar-refractivity contribution in [3.05, 3.63) is 47.2 Å². The van der Waals surface area contributed by atoms with Gasteiger partial charge in [-0.3, -0.25) is 14.6 Å². The highest BCUT2D eigenvalue weighted by atomic mass is 16.3. The predicted molar refractivity (Wildman–Crippen MR) is 119 cm³/mol. The van der Waals surface area contributed by atoms with Crippen molar-refractivity contribution in [2.45, 2.75) is 38.3 Å². The molecule has 7 nitrogen and oxygen atoms in total. The number of amides is 1. The van der Waals surface area contributed by atoms with Crippen LogP contribution in [0.2, 0.25) is 0 Å². The highest BCUT2D eigenvalue weighted by molar-refractivity contribution is 5.98. The van der Waals surface area contributed by atoms with Gasteiger partial charge >= 0.3 is 0 Å². The normalized spacial score (nSPS) is 13.4. The molecule has 0 aromatic heterocycles. The molecule has 0 radical (unpaired) electrons. The fourth-order valence-corrected chi connectivity index (χ4v) is 2.89. The van der Waals surface area contributed by atoms with Gasteiger partial charge in [-0.25, -0.2) is 0 Å². The minimum Gasteiger partial charge on any atom is -0.395 e. The number of hydrogen-bond acceptors (Lipinski definition) is 6. The summed E-state index contributed by atoms with van der Waals surface area (Å²) in [6.07, 6.45) is 4.94. The highest BCUT2D eigenvalue weighted by Gasteiger charge is 2.36. The van der Waals surface area contributed by atoms with Crippen LogP contribution in [-0.2, 0) is 4.79 Å². The minimum atomic E-state index is -0.933. The van der Waals surface area contributed by atoms with E-state index < -0.39 is 29.9 Å². The quantitative estimate of drug-likeness (QED) is 0.441. The molecule has 0 saturated carbocycles. The van der Waals surface area contributed by atoms with Crippen LogP contribution in [0.15, 0.2) is 41.0 Å². The topological polar surface area (TPSA) is 111 Å². The number of aliphatic hydroxyl groups is 2. The third-order valence-electron chi connectivity index (χ3n) is 4.66. The summed E-state index contributed by atoms with van der Waals surface area (Å²) in [7, 11) is 0. The fraction of sp³-hybridized carbons (Fsp3) is 0.375. The van der Waals surface area contributed by atoms with E-state index >= 15 is 0 Å². The van der Waals surface area contributed by atoms with Crippen LogP contribution in [0, 0.1) is 23.7 Å². The molecule has 7 heteroatoms. The summed E-state index contributed by atoms with van der Waals surface area (Å²) < 4.78 is 0. The SMILES string of the molecule is CC(C)(NCC1=CCC=N1)[C@H](NC(=O)c1ccc(C#CC#CCCO)cc1)C(=O)CO. The lowest BCUT2D eigenvalue weighted by Crippen LogP contribution is -2.61. The minimum absolute atomic E-state index is 0.00358. The van der Waals surface area contributed by atoms with Crippen LogP contribution in [0.1, 0.15) is 42.6 Å². The van der Waals surface area contributed by atoms with Crippen LogP contribution in [0.3, 0.4) is 0 Å². The lowest BCUT2D eigenvalue weighted by molar-refractivity contribution is -0.125. The molecule has 1 aromatic rings. The Kier molecular flexibility index (Phi) is 9.17. The van der Waals surface area contributed by atoms with Gasteiger partial charge in [0.15, 0.2) is 5.78 Å². The molecule has 31 heavy (non-hydrogen) atoms. The number of benzene rings is 1. The standard InChI is InChI=1S/C24H27N3O4/c1-24(2,26-16-20-9-7-14-25-20)22(21(30)17-29)27-23(31)19-12-10-18(11-13-19)8-5-3-4-6-15-28/h9-14,22,26,28-29H,6-7,15-17H2,1-2H3,(H,27,31)/t22-/m1/s1. The zero-order chi connectivity index (χ0) is 22.7. The molecule has 1 amide bonds. The molecule has 1 heterocycles. The van der Waals surface area contributed by atoms with Gasteiger partial charge in [0.05, 0.1) is 12.3 Å². The molecule has 0 fully saturated rings. The van der Waals surface area contributed by atoms with Crippen LogP contribution in [0.4, 0.5) is 0 Å². The molecule has 162 valence electrons. The van der Waals surface area contributed by atoms with Gasteiger partial charge in [-0.1, -0.05) is 17.9 Å². The number of rotatable bonds is 9. The van der Waals surface area contributed by atoms with Crippen molar-refractivity contribution in [1.82, 2.24) is 10.6 Å². The van der Waals surface area contributed by atoms with Gasteiger partial charge in [-0.05, 0) is 50.0 Å². The van der Waals surface area contributed by atoms with Gasteiger partial charge in [0.2, 0.25) is 0 Å². The van der Waals surface area contributed by atoms with E-state index in [1.165, 1.54) is 0 Å². The summed E-state index contributed by atoms with van der Waals surface area (Å²) in [5.74, 6) is 9.96. The maximum Gasteiger partial charge on any atom is 0.251 e. The van der Waals surface area contributed by atoms with E-state index in [-0.39, 0.29) is 6.61 Å². The summed E-state index contributed by atoms with van der Waals surface area (Å²) in [5, 5.41) is 24.1. The van der Waals surface area contributed by atoms with Crippen LogP contribution in [0.5, 0.6) is 0 Å². The Bertz CT molecular complexity index is 970. The monoisotopic (exact) mass is 421 g/mol. The second kappa shape index (κ2) is 11.8. The van der Waals surface area contributed by atoms with Crippen molar-refractivity contribution in [3.8, 4) is 23.7 Å². The van der Waals surface area contributed by atoms with Crippen LogP contribution in [-0.4, -0.2) is 59.5 Å². The molecule has 4 N–H and O–H groups in total. The van der Waals surface area contributed by atoms with Gasteiger partial charge in [0.1, 0.15) is 12.6 Å². The summed E-state index contributed by atoms with van der Waals surface area (Å²) in [5.41, 5.74) is 1.11. The van der Waals surface area contributed by atoms with E-state index in [4.69, 9.17) is 5.11 Å². The zero-order valence-corrected chi connectivity index (χ0v) is 17.7. The number of aliphatic imine (C=N–C) groups is 1. The van der Waals surface area contributed by atoms with E-state index in [2.05, 4.69) is 39.3 Å². The first-order valence-electron chi connectivity index (χ1n) is 9.98. The van der Waals surface area contributed by atoms with Crippen molar-refractivity contribution >= 4 is 17.9 Å². The number of nitrogens with one attached hydrogen (secondary N) is 2. The number of allylic oxidation sites excluding steroid dienone is 1. The maximum absolute atomic E-state index is 12.7. The van der Waals surface area contributed by atoms with Gasteiger partial charge in [0.25, 0.3) is 5.91 Å². The Morgan fingerprint density at radius 2 is 1.94 bits per heavy atom. The van der Waals surface area contributed by atoms with E-state index in [0.717, 1.165) is 12.1 Å². The summed E-state index contributed by atoms with van der Waals surface area (Å²) in [4.78, 5) is 29.3. The number of carbonyl (C=O) groups is 2. The average Bonchev–Trinajstić information content (AvgIpc) is 3.29. The largest absolute Gasteiger partial charge is 0.395 e. The molecule has 1 aliphatic rings. The van der Waals surface area contributed by atoms with E-state index in [1.807, 2.05) is 6.08 Å². The zero-order valence-electron chi connectivity index (χ0n) is 17.7. The number of aliphatic hydroxyl groups excluding tert-OH is 2. The Labute approximate surface area is 182 Å². The maximum atomic E-state index is 12.7. The summed E-state index contributed by atoms with van der Waals surface area (Å²) in [6, 6.07) is 5.66. The third kappa shape index (κ3) is 7.51. The molecule has 0 spiro atoms. The Balaban J connectivity index is 2.06. The first kappa shape index (κ1) is 24.0. The average molecular weight is 421 g/mol. The van der Waals surface area contributed by atoms with Gasteiger partial charge in [0, 0.05) is 42.3 Å². The molecule has 0 unspecified atom stereocenters. The van der Waals surface area contributed by atoms with Crippen molar-refractivity contribution < 1.29 is 19.8 Å². The van der Waals surface area contributed by atoms with Crippen LogP contribution < -0.4 is 10.6 Å². The molecule has 1 atom stereocenters. The Morgan fingerprint density at radius 3 is 2.55 bits per heavy atom. The molecule has 0 saturated heterocycles. The predicted octanol–water partition coefficient (Wildman–Crippen LogP) is 0.810. The van der Waals surface area contributed by atoms with Crippen LogP contribution in [0.25, 0.3) is 0 Å². The summed E-state index contributed by atoms with van der Waals surface area (Å²) >= 11 is 0. The first-order valence-corrected chi connectivity index (χ1v) is 9.98. The molecule has 2 rings (SSSR count). The number of Topliss-reactive ketones (excluding diaryl/α,β-unsaturated/α-hetero) is 1. The van der Waals surface area contributed by atoms with Crippen molar-refractivity contribution in [2.24, 2.45) is 4.99 Å². The smallest absolute Gasteiger partial charge is 0.251 e. The Morgan fingerprint density at radius 1 is 1.19 bits per heavy atom. The number of hydrogen-bond donors (Lipinski definition) is 4. The molecular formula is C24H27N3O4. The van der Waals surface area contributed by atoms with Gasteiger partial charge in [-0.15, -0.1) is 0 Å². The van der Waals surface area contributed by atoms with Crippen molar-refractivity contribution in [1.29, 1.82) is 0 Å². The first-order chi connectivity index (χ1) is 14.9. The fourth-order valence-electron chi connectivity index (χ4n) is 2.89. The second-order valence-electron chi connectivity index (χ2n) is 7.45. The number of ketones is 1. The molecule has 0 aliphatic carbocycles. The van der Waals surface area contributed by atoms with Gasteiger partial charge in [-0.2, -0.15) is 0 Å². The lowest BCUT2D eigenvalue weighted by atomic mass is 9.90. The van der Waals surface area contributed by atoms with Crippen molar-refractivity contribution in [2.75, 3.05) is 19.8 Å². The van der Waals surface area contributed by atoms with Crippen LogP contribution >= 0.6 is 0 Å².